The minimum Gasteiger partial charge on any atom is -0.330 e. The third-order valence-electron chi connectivity index (χ3n) is 1.30. The molecular formula is C7H22N4. The van der Waals surface area contributed by atoms with E-state index in [4.69, 9.17) is 11.5 Å². The highest BCUT2D eigenvalue weighted by Crippen LogP contribution is 2.00. The van der Waals surface area contributed by atoms with E-state index in [-0.39, 0.29) is 6.67 Å². The minimum absolute atomic E-state index is 0.250. The van der Waals surface area contributed by atoms with Crippen molar-refractivity contribution in [2.45, 2.75) is 19.8 Å². The van der Waals surface area contributed by atoms with Gasteiger partial charge < -0.3 is 22.9 Å². The summed E-state index contributed by atoms with van der Waals surface area (Å²) in [6.07, 6.45) is 2.28. The molecule has 0 bridgehead atoms. The summed E-state index contributed by atoms with van der Waals surface area (Å²) in [4.78, 5) is 0. The number of hydrogen-bond acceptors (Lipinski definition) is 4. The molecule has 1 unspecified atom stereocenters. The van der Waals surface area contributed by atoms with Crippen LogP contribution in [0, 0.1) is 5.92 Å². The molecule has 0 saturated heterocycles. The Labute approximate surface area is 69.3 Å². The lowest BCUT2D eigenvalue weighted by molar-refractivity contribution is 0.525. The molecule has 0 aromatic rings. The topological polar surface area (TPSA) is 104 Å². The van der Waals surface area contributed by atoms with Gasteiger partial charge in [0, 0.05) is 6.67 Å². The molecule has 0 aromatic carbocycles. The predicted octanol–water partition coefficient (Wildman–Crippen LogP) is -0.819. The largest absolute Gasteiger partial charge is 0.330 e. The van der Waals surface area contributed by atoms with Gasteiger partial charge in [0.15, 0.2) is 0 Å². The van der Waals surface area contributed by atoms with Gasteiger partial charge in [0.2, 0.25) is 0 Å². The van der Waals surface area contributed by atoms with Crippen LogP contribution >= 0.6 is 0 Å². The van der Waals surface area contributed by atoms with Crippen molar-refractivity contribution in [2.75, 3.05) is 19.8 Å². The molecule has 0 aliphatic carbocycles. The van der Waals surface area contributed by atoms with Gasteiger partial charge in [-0.1, -0.05) is 6.92 Å². The molecule has 0 radical (unpaired) electrons. The molecule has 0 saturated carbocycles. The summed E-state index contributed by atoms with van der Waals surface area (Å²) >= 11 is 0. The zero-order valence-corrected chi connectivity index (χ0v) is 7.42. The molecule has 11 heavy (non-hydrogen) atoms. The van der Waals surface area contributed by atoms with Gasteiger partial charge in [-0.3, -0.25) is 0 Å². The molecule has 0 aliphatic heterocycles. The van der Waals surface area contributed by atoms with E-state index in [1.54, 1.807) is 0 Å². The van der Waals surface area contributed by atoms with E-state index in [9.17, 15) is 0 Å². The van der Waals surface area contributed by atoms with Gasteiger partial charge in [-0.2, -0.15) is 0 Å². The summed E-state index contributed by atoms with van der Waals surface area (Å²) in [6, 6.07) is 0. The van der Waals surface area contributed by atoms with Crippen molar-refractivity contribution in [3.8, 4) is 0 Å². The van der Waals surface area contributed by atoms with Crippen LogP contribution in [0.15, 0.2) is 0 Å². The van der Waals surface area contributed by atoms with Crippen molar-refractivity contribution in [3.63, 3.8) is 0 Å². The van der Waals surface area contributed by atoms with Crippen LogP contribution < -0.4 is 22.9 Å². The van der Waals surface area contributed by atoms with E-state index in [1.165, 1.54) is 6.42 Å². The molecule has 4 heteroatoms. The van der Waals surface area contributed by atoms with Crippen LogP contribution in [-0.2, 0) is 0 Å². The van der Waals surface area contributed by atoms with Gasteiger partial charge in [0.1, 0.15) is 0 Å². The van der Waals surface area contributed by atoms with Gasteiger partial charge in [0.25, 0.3) is 0 Å². The zero-order valence-electron chi connectivity index (χ0n) is 7.42. The molecule has 0 amide bonds. The van der Waals surface area contributed by atoms with Crippen LogP contribution in [0.5, 0.6) is 0 Å². The minimum atomic E-state index is 0.250. The van der Waals surface area contributed by atoms with Gasteiger partial charge in [0.05, 0.1) is 0 Å². The van der Waals surface area contributed by atoms with E-state index in [2.05, 4.69) is 18.4 Å². The monoisotopic (exact) mass is 162 g/mol. The van der Waals surface area contributed by atoms with Crippen molar-refractivity contribution >= 4 is 0 Å². The van der Waals surface area contributed by atoms with Gasteiger partial charge in [-0.05, 0) is 31.8 Å². The summed E-state index contributed by atoms with van der Waals surface area (Å²) in [6.45, 7) is 3.99. The molecule has 0 heterocycles. The lowest BCUT2D eigenvalue weighted by atomic mass is 10.1. The average molecular weight is 162 g/mol. The maximum absolute atomic E-state index is 5.37. The number of hydrogen-bond donors (Lipinski definition) is 4. The molecule has 0 fully saturated rings. The van der Waals surface area contributed by atoms with E-state index >= 15 is 0 Å². The van der Waals surface area contributed by atoms with Crippen molar-refractivity contribution in [1.29, 1.82) is 0 Å². The Kier molecular flexibility index (Phi) is 15.3. The van der Waals surface area contributed by atoms with Crippen molar-refractivity contribution in [1.82, 2.24) is 0 Å². The van der Waals surface area contributed by atoms with Gasteiger partial charge >= 0.3 is 0 Å². The highest BCUT2D eigenvalue weighted by Gasteiger charge is 1.95. The predicted molar refractivity (Wildman–Crippen MR) is 49.7 cm³/mol. The second kappa shape index (κ2) is 12.5. The fourth-order valence-electron chi connectivity index (χ4n) is 0.584. The van der Waals surface area contributed by atoms with Crippen molar-refractivity contribution in [2.24, 2.45) is 28.9 Å². The molecule has 0 aromatic heterocycles. The molecule has 70 valence electrons. The fraction of sp³-hybridized carbons (Fsp3) is 1.00. The number of rotatable bonds is 4. The van der Waals surface area contributed by atoms with E-state index in [0.717, 1.165) is 19.5 Å². The molecule has 0 rings (SSSR count). The Hall–Kier alpha value is -0.160. The van der Waals surface area contributed by atoms with Crippen LogP contribution in [0.1, 0.15) is 19.8 Å². The molecule has 0 spiro atoms. The molecule has 4 nitrogen and oxygen atoms in total. The molecule has 8 N–H and O–H groups in total. The first kappa shape index (κ1) is 13.4. The Morgan fingerprint density at radius 1 is 1.09 bits per heavy atom. The first-order valence-electron chi connectivity index (χ1n) is 4.03. The van der Waals surface area contributed by atoms with Crippen molar-refractivity contribution < 1.29 is 0 Å². The first-order valence-corrected chi connectivity index (χ1v) is 4.03. The first-order chi connectivity index (χ1) is 5.22. The summed E-state index contributed by atoms with van der Waals surface area (Å²) in [7, 11) is 0. The highest BCUT2D eigenvalue weighted by atomic mass is 14.7. The van der Waals surface area contributed by atoms with E-state index in [0.29, 0.717) is 5.92 Å². The Balaban J connectivity index is 0. The van der Waals surface area contributed by atoms with Crippen LogP contribution in [-0.4, -0.2) is 19.8 Å². The fourth-order valence-corrected chi connectivity index (χ4v) is 0.584. The average Bonchev–Trinajstić information content (AvgIpc) is 2.02. The van der Waals surface area contributed by atoms with Gasteiger partial charge in [-0.15, -0.1) is 0 Å². The Morgan fingerprint density at radius 2 is 1.55 bits per heavy atom. The van der Waals surface area contributed by atoms with Gasteiger partial charge in [-0.25, -0.2) is 0 Å². The third-order valence-corrected chi connectivity index (χ3v) is 1.30. The second-order valence-electron chi connectivity index (χ2n) is 2.51. The second-order valence-corrected chi connectivity index (χ2v) is 2.51. The summed E-state index contributed by atoms with van der Waals surface area (Å²) in [5, 5.41) is 0. The molecule has 1 atom stereocenters. The van der Waals surface area contributed by atoms with Crippen LogP contribution in [0.4, 0.5) is 0 Å². The maximum Gasteiger partial charge on any atom is 0.0403 e. The zero-order chi connectivity index (χ0) is 9.11. The summed E-state index contributed by atoms with van der Waals surface area (Å²) < 4.78 is 0. The highest BCUT2D eigenvalue weighted by molar-refractivity contribution is 4.52. The van der Waals surface area contributed by atoms with Crippen molar-refractivity contribution in [3.05, 3.63) is 0 Å². The van der Waals surface area contributed by atoms with Crippen LogP contribution in [0.3, 0.4) is 0 Å². The smallest absolute Gasteiger partial charge is 0.0403 e. The number of nitrogens with two attached hydrogens (primary N) is 4. The normalized spacial score (nSPS) is 11.7. The van der Waals surface area contributed by atoms with Crippen LogP contribution in [0.2, 0.25) is 0 Å². The standard InChI is InChI=1S/C6H16N2.CH6N2/c1-6(5-8)3-2-4-7;2-1-3/h6H,2-5,7-8H2,1H3;1-3H2. The van der Waals surface area contributed by atoms with E-state index in [1.807, 2.05) is 0 Å². The maximum atomic E-state index is 5.37. The lowest BCUT2D eigenvalue weighted by Gasteiger charge is -2.04. The van der Waals surface area contributed by atoms with E-state index < -0.39 is 0 Å². The lowest BCUT2D eigenvalue weighted by Crippen LogP contribution is -2.12. The Bertz CT molecular complexity index is 58.4. The molecule has 0 aliphatic rings. The Morgan fingerprint density at radius 3 is 1.82 bits per heavy atom. The summed E-state index contributed by atoms with van der Waals surface area (Å²) in [5.74, 6) is 0.651. The third kappa shape index (κ3) is 17.7. The van der Waals surface area contributed by atoms with Crippen LogP contribution in [0.25, 0.3) is 0 Å². The SMILES string of the molecule is CC(CN)CCCN.NCN. The molecular weight excluding hydrogens is 140 g/mol. The quantitative estimate of drug-likeness (QED) is 0.405. The summed E-state index contributed by atoms with van der Waals surface area (Å²) in [5.41, 5.74) is 19.9.